The van der Waals surface area contributed by atoms with E-state index in [0.717, 1.165) is 5.92 Å². The van der Waals surface area contributed by atoms with Crippen molar-refractivity contribution in [2.24, 2.45) is 13.0 Å². The normalized spacial score (nSPS) is 15.1. The van der Waals surface area contributed by atoms with Gasteiger partial charge >= 0.3 is 0 Å². The lowest BCUT2D eigenvalue weighted by Crippen LogP contribution is -2.30. The highest BCUT2D eigenvalue weighted by molar-refractivity contribution is 5.85. The zero-order chi connectivity index (χ0) is 18.3. The monoisotopic (exact) mass is 344 g/mol. The Morgan fingerprint density at radius 2 is 1.69 bits per heavy atom. The van der Waals surface area contributed by atoms with Crippen molar-refractivity contribution < 1.29 is 4.57 Å². The Hall–Kier alpha value is -2.15. The molecule has 2 aromatic carbocycles. The predicted molar refractivity (Wildman–Crippen MR) is 110 cm³/mol. The number of benzene rings is 2. The van der Waals surface area contributed by atoms with Crippen molar-refractivity contribution in [1.82, 2.24) is 0 Å². The standard InChI is InChI=1S/C25H30N/c1-17-11-18(2)19(3)24(12-17)25-15-23-14-21(13-20-7-5-6-8-20)9-10-22(23)16-26(25)4/h9-12,14-16,20H,5-8,13H2,1-4H3/q+1. The van der Waals surface area contributed by atoms with Crippen molar-refractivity contribution >= 4 is 10.8 Å². The molecule has 134 valence electrons. The van der Waals surface area contributed by atoms with Crippen LogP contribution in [0.4, 0.5) is 0 Å². The number of rotatable bonds is 3. The third-order valence-corrected chi connectivity index (χ3v) is 6.24. The minimum absolute atomic E-state index is 0.897. The summed E-state index contributed by atoms with van der Waals surface area (Å²) in [6.45, 7) is 6.65. The number of aryl methyl sites for hydroxylation is 3. The number of aromatic nitrogens is 1. The molecule has 0 atom stereocenters. The summed E-state index contributed by atoms with van der Waals surface area (Å²) < 4.78 is 2.28. The van der Waals surface area contributed by atoms with Gasteiger partial charge in [0.25, 0.3) is 0 Å². The molecule has 1 heterocycles. The fourth-order valence-electron chi connectivity index (χ4n) is 4.64. The van der Waals surface area contributed by atoms with Crippen LogP contribution in [0, 0.1) is 26.7 Å². The van der Waals surface area contributed by atoms with Gasteiger partial charge in [-0.3, -0.25) is 0 Å². The van der Waals surface area contributed by atoms with E-state index in [1.807, 2.05) is 0 Å². The van der Waals surface area contributed by atoms with Crippen LogP contribution in [0.25, 0.3) is 22.0 Å². The average Bonchev–Trinajstić information content (AvgIpc) is 3.11. The zero-order valence-electron chi connectivity index (χ0n) is 16.6. The van der Waals surface area contributed by atoms with E-state index in [-0.39, 0.29) is 0 Å². The highest BCUT2D eigenvalue weighted by atomic mass is 14.9. The Labute approximate surface area is 157 Å². The van der Waals surface area contributed by atoms with Gasteiger partial charge in [-0.1, -0.05) is 49.4 Å². The molecule has 0 bridgehead atoms. The summed E-state index contributed by atoms with van der Waals surface area (Å²) in [5, 5.41) is 2.70. The second kappa shape index (κ2) is 6.87. The Morgan fingerprint density at radius 3 is 2.46 bits per heavy atom. The minimum Gasteiger partial charge on any atom is -0.200 e. The molecule has 1 saturated carbocycles. The molecule has 0 N–H and O–H groups in total. The van der Waals surface area contributed by atoms with Crippen LogP contribution in [-0.4, -0.2) is 0 Å². The van der Waals surface area contributed by atoms with E-state index in [9.17, 15) is 0 Å². The maximum Gasteiger partial charge on any atom is 0.213 e. The quantitative estimate of drug-likeness (QED) is 0.514. The smallest absolute Gasteiger partial charge is 0.200 e. The molecule has 0 spiro atoms. The van der Waals surface area contributed by atoms with E-state index in [2.05, 4.69) is 75.0 Å². The molecule has 0 aliphatic heterocycles. The average molecular weight is 345 g/mol. The lowest BCUT2D eigenvalue weighted by molar-refractivity contribution is -0.659. The van der Waals surface area contributed by atoms with Gasteiger partial charge in [-0.2, -0.15) is 0 Å². The van der Waals surface area contributed by atoms with E-state index < -0.39 is 0 Å². The van der Waals surface area contributed by atoms with Gasteiger partial charge in [0.1, 0.15) is 7.05 Å². The lowest BCUT2D eigenvalue weighted by atomic mass is 9.94. The van der Waals surface area contributed by atoms with Crippen molar-refractivity contribution in [2.45, 2.75) is 52.9 Å². The molecule has 1 aromatic heterocycles. The van der Waals surface area contributed by atoms with Crippen LogP contribution in [0.1, 0.15) is 47.9 Å². The molecule has 0 unspecified atom stereocenters. The van der Waals surface area contributed by atoms with Crippen LogP contribution < -0.4 is 4.57 Å². The van der Waals surface area contributed by atoms with Crippen LogP contribution in [-0.2, 0) is 13.5 Å². The van der Waals surface area contributed by atoms with Crippen LogP contribution >= 0.6 is 0 Å². The number of hydrogen-bond donors (Lipinski definition) is 0. The molecule has 1 heteroatoms. The molecule has 26 heavy (non-hydrogen) atoms. The Morgan fingerprint density at radius 1 is 0.923 bits per heavy atom. The number of pyridine rings is 1. The molecular formula is C25H30N+. The summed E-state index contributed by atoms with van der Waals surface area (Å²) >= 11 is 0. The van der Waals surface area contributed by atoms with Crippen molar-refractivity contribution in [2.75, 3.05) is 0 Å². The van der Waals surface area contributed by atoms with E-state index >= 15 is 0 Å². The minimum atomic E-state index is 0.897. The Kier molecular flexibility index (Phi) is 4.56. The van der Waals surface area contributed by atoms with Crippen molar-refractivity contribution in [3.8, 4) is 11.3 Å². The fourth-order valence-corrected chi connectivity index (χ4v) is 4.64. The molecule has 0 amide bonds. The van der Waals surface area contributed by atoms with E-state index in [0.29, 0.717) is 0 Å². The summed E-state index contributed by atoms with van der Waals surface area (Å²) in [6, 6.07) is 14.1. The molecule has 1 nitrogen and oxygen atoms in total. The fraction of sp³-hybridized carbons (Fsp3) is 0.400. The van der Waals surface area contributed by atoms with Gasteiger partial charge in [0.2, 0.25) is 5.69 Å². The molecule has 4 rings (SSSR count). The number of nitrogens with zero attached hydrogens (tertiary/aromatic N) is 1. The van der Waals surface area contributed by atoms with Crippen molar-refractivity contribution in [1.29, 1.82) is 0 Å². The van der Waals surface area contributed by atoms with Gasteiger partial charge in [-0.25, -0.2) is 4.57 Å². The number of fused-ring (bicyclic) bond motifs is 1. The van der Waals surface area contributed by atoms with Gasteiger partial charge in [-0.15, -0.1) is 0 Å². The maximum absolute atomic E-state index is 2.43. The topological polar surface area (TPSA) is 3.88 Å². The SMILES string of the molecule is Cc1cc(C)c(C)c(-c2cc3cc(CC4CCCC4)ccc3c[n+]2C)c1. The van der Waals surface area contributed by atoms with Crippen LogP contribution in [0.3, 0.4) is 0 Å². The maximum atomic E-state index is 2.43. The van der Waals surface area contributed by atoms with Gasteiger partial charge in [0.15, 0.2) is 6.20 Å². The second-order valence-corrected chi connectivity index (χ2v) is 8.34. The van der Waals surface area contributed by atoms with Gasteiger partial charge in [0.05, 0.1) is 0 Å². The Balaban J connectivity index is 1.79. The molecule has 1 aliphatic carbocycles. The summed E-state index contributed by atoms with van der Waals surface area (Å²) in [5.41, 5.74) is 8.25. The first-order chi connectivity index (χ1) is 12.5. The van der Waals surface area contributed by atoms with E-state index in [1.54, 1.807) is 0 Å². The first-order valence-electron chi connectivity index (χ1n) is 10.0. The molecule has 0 saturated heterocycles. The predicted octanol–water partition coefficient (Wildman–Crippen LogP) is 5.99. The third kappa shape index (κ3) is 3.28. The highest BCUT2D eigenvalue weighted by Crippen LogP contribution is 2.30. The molecule has 1 aliphatic rings. The largest absolute Gasteiger partial charge is 0.213 e. The van der Waals surface area contributed by atoms with Gasteiger partial charge in [-0.05, 0) is 67.3 Å². The van der Waals surface area contributed by atoms with Crippen molar-refractivity contribution in [3.63, 3.8) is 0 Å². The molecule has 1 fully saturated rings. The lowest BCUT2D eigenvalue weighted by Gasteiger charge is -2.12. The molecule has 3 aromatic rings. The van der Waals surface area contributed by atoms with E-state index in [4.69, 9.17) is 0 Å². The number of hydrogen-bond acceptors (Lipinski definition) is 0. The zero-order valence-corrected chi connectivity index (χ0v) is 16.6. The molecule has 0 radical (unpaired) electrons. The second-order valence-electron chi connectivity index (χ2n) is 8.34. The van der Waals surface area contributed by atoms with Crippen LogP contribution in [0.2, 0.25) is 0 Å². The van der Waals surface area contributed by atoms with Crippen molar-refractivity contribution in [3.05, 3.63) is 64.8 Å². The summed E-state index contributed by atoms with van der Waals surface area (Å²) in [4.78, 5) is 0. The summed E-state index contributed by atoms with van der Waals surface area (Å²) in [7, 11) is 2.16. The van der Waals surface area contributed by atoms with Gasteiger partial charge < -0.3 is 0 Å². The first kappa shape index (κ1) is 17.3. The Bertz CT molecular complexity index is 962. The summed E-state index contributed by atoms with van der Waals surface area (Å²) in [5.74, 6) is 0.897. The van der Waals surface area contributed by atoms with Gasteiger partial charge in [0, 0.05) is 17.0 Å². The molecular weight excluding hydrogens is 314 g/mol. The third-order valence-electron chi connectivity index (χ3n) is 6.24. The summed E-state index contributed by atoms with van der Waals surface area (Å²) in [6.07, 6.45) is 9.19. The van der Waals surface area contributed by atoms with Crippen LogP contribution in [0.15, 0.2) is 42.6 Å². The highest BCUT2D eigenvalue weighted by Gasteiger charge is 2.18. The first-order valence-corrected chi connectivity index (χ1v) is 10.0. The van der Waals surface area contributed by atoms with Crippen LogP contribution in [0.5, 0.6) is 0 Å². The van der Waals surface area contributed by atoms with E-state index in [1.165, 1.54) is 76.4 Å².